The third kappa shape index (κ3) is 17.3. The Kier molecular flexibility index (Phi) is 22.7. The first-order valence-electron chi connectivity index (χ1n) is 22.6. The number of anilines is 1. The zero-order valence-electron chi connectivity index (χ0n) is 36.9. The van der Waals surface area contributed by atoms with Gasteiger partial charge in [0.1, 0.15) is 0 Å². The average Bonchev–Trinajstić information content (AvgIpc) is 3.29. The van der Waals surface area contributed by atoms with Crippen LogP contribution in [0.15, 0.2) is 48.5 Å². The lowest BCUT2D eigenvalue weighted by molar-refractivity contribution is -0.135. The van der Waals surface area contributed by atoms with E-state index in [-0.39, 0.29) is 35.5 Å². The number of nitrogens with zero attached hydrogens (tertiary/aromatic N) is 2. The molecule has 2 aromatic rings. The molecule has 2 fully saturated rings. The Hall–Kier alpha value is -3.91. The van der Waals surface area contributed by atoms with E-state index in [0.29, 0.717) is 125 Å². The van der Waals surface area contributed by atoms with Crippen LogP contribution in [0.5, 0.6) is 0 Å². The molecule has 0 atom stereocenters. The number of amides is 3. The molecule has 0 unspecified atom stereocenters. The van der Waals surface area contributed by atoms with Gasteiger partial charge in [-0.3, -0.25) is 14.4 Å². The van der Waals surface area contributed by atoms with Gasteiger partial charge in [-0.25, -0.2) is 0 Å². The van der Waals surface area contributed by atoms with E-state index >= 15 is 0 Å². The normalized spacial score (nSPS) is 15.9. The molecule has 2 aliphatic heterocycles. The molecule has 5 rings (SSSR count). The number of carbonyl (C=O) groups is 3. The van der Waals surface area contributed by atoms with Gasteiger partial charge in [-0.05, 0) is 74.6 Å². The summed E-state index contributed by atoms with van der Waals surface area (Å²) in [6, 6.07) is 15.6. The van der Waals surface area contributed by atoms with Gasteiger partial charge in [-0.15, -0.1) is 0 Å². The fourth-order valence-corrected chi connectivity index (χ4v) is 8.00. The van der Waals surface area contributed by atoms with Crippen LogP contribution in [0, 0.1) is 23.2 Å². The number of benzene rings is 2. The number of ether oxygens (including phenoxy) is 8. The molecule has 0 radical (unpaired) electrons. The molecule has 342 valence electrons. The van der Waals surface area contributed by atoms with Gasteiger partial charge < -0.3 is 53.0 Å². The van der Waals surface area contributed by atoms with Crippen molar-refractivity contribution in [2.75, 3.05) is 130 Å². The molecule has 1 spiro atoms. The van der Waals surface area contributed by atoms with Gasteiger partial charge in [-0.1, -0.05) is 42.2 Å². The van der Waals surface area contributed by atoms with E-state index in [1.54, 1.807) is 4.90 Å². The van der Waals surface area contributed by atoms with E-state index in [1.807, 2.05) is 60.4 Å². The van der Waals surface area contributed by atoms with E-state index in [0.717, 1.165) is 74.0 Å². The van der Waals surface area contributed by atoms with Crippen molar-refractivity contribution in [3.05, 3.63) is 65.2 Å². The van der Waals surface area contributed by atoms with E-state index in [4.69, 9.17) is 37.9 Å². The molecule has 14 nitrogen and oxygen atoms in total. The number of carbonyl (C=O) groups excluding carboxylic acids is 3. The summed E-state index contributed by atoms with van der Waals surface area (Å²) in [7, 11) is 0. The SMILES string of the molecule is CCOCCOCCOCCOCCOCCOCCOCCOCCC(=O)N1CCC2(CCC(C(=O)NCCC(=O)N3Cc4ccccc4C#Cc4ccccc43)CC2)CC1. The van der Waals surface area contributed by atoms with E-state index in [1.165, 1.54) is 0 Å². The number of para-hydroxylation sites is 1. The maximum atomic E-state index is 13.6. The molecule has 1 saturated heterocycles. The standard InChI is InChI=1S/C48H69N3O11/c1-2-55-25-26-57-29-30-59-33-34-61-37-38-62-36-35-60-32-31-58-28-27-56-24-16-45(52)50-22-19-48(20-23-50)17-13-42(14-18-48)47(54)49-21-15-46(53)51-39-43-9-4-3-7-40(43)11-12-41-8-5-6-10-44(41)51/h3-10,42H,2,13-39H2,1H3,(H,49,54). The molecule has 2 heterocycles. The molecule has 1 saturated carbocycles. The van der Waals surface area contributed by atoms with Gasteiger partial charge in [0.25, 0.3) is 0 Å². The molecule has 0 bridgehead atoms. The topological polar surface area (TPSA) is 144 Å². The predicted octanol–water partition coefficient (Wildman–Crippen LogP) is 4.78. The van der Waals surface area contributed by atoms with Crippen molar-refractivity contribution in [1.82, 2.24) is 10.2 Å². The monoisotopic (exact) mass is 863 g/mol. The number of hydrogen-bond acceptors (Lipinski definition) is 11. The van der Waals surface area contributed by atoms with Crippen molar-refractivity contribution in [1.29, 1.82) is 0 Å². The summed E-state index contributed by atoms with van der Waals surface area (Å²) in [6.07, 6.45) is 6.14. The highest BCUT2D eigenvalue weighted by molar-refractivity contribution is 5.95. The van der Waals surface area contributed by atoms with Gasteiger partial charge >= 0.3 is 0 Å². The van der Waals surface area contributed by atoms with Crippen LogP contribution < -0.4 is 10.2 Å². The molecule has 3 aliphatic rings. The zero-order valence-corrected chi connectivity index (χ0v) is 36.9. The maximum Gasteiger partial charge on any atom is 0.229 e. The predicted molar refractivity (Wildman–Crippen MR) is 235 cm³/mol. The summed E-state index contributed by atoms with van der Waals surface area (Å²) >= 11 is 0. The van der Waals surface area contributed by atoms with Crippen LogP contribution in [0.1, 0.15) is 75.0 Å². The van der Waals surface area contributed by atoms with Crippen molar-refractivity contribution in [3.8, 4) is 11.8 Å². The number of fused-ring (bicyclic) bond motifs is 2. The Balaban J connectivity index is 0.818. The fourth-order valence-electron chi connectivity index (χ4n) is 8.00. The lowest BCUT2D eigenvalue weighted by Crippen LogP contribution is -2.46. The van der Waals surface area contributed by atoms with Crippen molar-refractivity contribution < 1.29 is 52.3 Å². The average molecular weight is 864 g/mol. The van der Waals surface area contributed by atoms with Gasteiger partial charge in [0.05, 0.1) is 118 Å². The van der Waals surface area contributed by atoms with Gasteiger partial charge in [-0.2, -0.15) is 0 Å². The molecule has 1 N–H and O–H groups in total. The number of nitrogens with one attached hydrogen (secondary N) is 1. The Morgan fingerprint density at radius 2 is 1.08 bits per heavy atom. The quantitative estimate of drug-likeness (QED) is 0.0892. The number of hydrogen-bond donors (Lipinski definition) is 1. The van der Waals surface area contributed by atoms with Crippen LogP contribution in [-0.2, 0) is 58.8 Å². The van der Waals surface area contributed by atoms with E-state index in [9.17, 15) is 14.4 Å². The first-order valence-corrected chi connectivity index (χ1v) is 22.6. The van der Waals surface area contributed by atoms with Gasteiger partial charge in [0, 0.05) is 49.7 Å². The minimum absolute atomic E-state index is 0.0351. The maximum absolute atomic E-state index is 13.6. The summed E-state index contributed by atoms with van der Waals surface area (Å²) in [5.74, 6) is 6.56. The van der Waals surface area contributed by atoms with Crippen molar-refractivity contribution in [2.24, 2.45) is 11.3 Å². The molecular formula is C48H69N3O11. The summed E-state index contributed by atoms with van der Waals surface area (Å²) < 4.78 is 43.8. The lowest BCUT2D eigenvalue weighted by Gasteiger charge is -2.45. The minimum atomic E-state index is -0.0464. The summed E-state index contributed by atoms with van der Waals surface area (Å²) in [6.45, 7) is 12.4. The van der Waals surface area contributed by atoms with Crippen LogP contribution in [0.4, 0.5) is 5.69 Å². The van der Waals surface area contributed by atoms with E-state index < -0.39 is 0 Å². The summed E-state index contributed by atoms with van der Waals surface area (Å²) in [4.78, 5) is 43.5. The van der Waals surface area contributed by atoms with Gasteiger partial charge in [0.2, 0.25) is 17.7 Å². The second-order valence-corrected chi connectivity index (χ2v) is 15.8. The number of rotatable bonds is 29. The minimum Gasteiger partial charge on any atom is -0.379 e. The van der Waals surface area contributed by atoms with Crippen LogP contribution in [0.3, 0.4) is 0 Å². The largest absolute Gasteiger partial charge is 0.379 e. The molecule has 14 heteroatoms. The Morgan fingerprint density at radius 1 is 0.597 bits per heavy atom. The second-order valence-electron chi connectivity index (χ2n) is 15.8. The van der Waals surface area contributed by atoms with Gasteiger partial charge in [0.15, 0.2) is 0 Å². The third-order valence-electron chi connectivity index (χ3n) is 11.7. The molecule has 2 aromatic carbocycles. The first-order chi connectivity index (χ1) is 30.5. The third-order valence-corrected chi connectivity index (χ3v) is 11.7. The molecule has 0 aromatic heterocycles. The first kappa shape index (κ1) is 49.1. The van der Waals surface area contributed by atoms with Crippen LogP contribution in [0.25, 0.3) is 0 Å². The number of piperidine rings is 1. The Bertz CT molecular complexity index is 1680. The fraction of sp³-hybridized carbons (Fsp3) is 0.646. The molecule has 1 aliphatic carbocycles. The molecule has 62 heavy (non-hydrogen) atoms. The highest BCUT2D eigenvalue weighted by Gasteiger charge is 2.40. The Labute approximate surface area is 368 Å². The highest BCUT2D eigenvalue weighted by Crippen LogP contribution is 2.46. The zero-order chi connectivity index (χ0) is 43.5. The second kappa shape index (κ2) is 28.7. The van der Waals surface area contributed by atoms with Crippen molar-refractivity contribution >= 4 is 23.4 Å². The van der Waals surface area contributed by atoms with E-state index in [2.05, 4.69) is 17.2 Å². The van der Waals surface area contributed by atoms with Crippen molar-refractivity contribution in [2.45, 2.75) is 64.8 Å². The smallest absolute Gasteiger partial charge is 0.229 e. The molecular weight excluding hydrogens is 795 g/mol. The van der Waals surface area contributed by atoms with Crippen LogP contribution in [0.2, 0.25) is 0 Å². The lowest BCUT2D eigenvalue weighted by atomic mass is 9.65. The Morgan fingerprint density at radius 3 is 1.65 bits per heavy atom. The summed E-state index contributed by atoms with van der Waals surface area (Å²) in [5.41, 5.74) is 3.74. The van der Waals surface area contributed by atoms with Crippen LogP contribution >= 0.6 is 0 Å². The van der Waals surface area contributed by atoms with Crippen molar-refractivity contribution in [3.63, 3.8) is 0 Å². The molecule has 3 amide bonds. The number of likely N-dealkylation sites (tertiary alicyclic amines) is 1. The van der Waals surface area contributed by atoms with Crippen LogP contribution in [-0.4, -0.2) is 148 Å². The highest BCUT2D eigenvalue weighted by atomic mass is 16.6. The summed E-state index contributed by atoms with van der Waals surface area (Å²) in [5, 5.41) is 3.06.